The van der Waals surface area contributed by atoms with Gasteiger partial charge >= 0.3 is 0 Å². The molecule has 146 valence electrons. The Morgan fingerprint density at radius 3 is 2.74 bits per heavy atom. The highest BCUT2D eigenvalue weighted by molar-refractivity contribution is 7.18. The molecule has 2 aromatic rings. The summed E-state index contributed by atoms with van der Waals surface area (Å²) < 4.78 is 1.86. The van der Waals surface area contributed by atoms with Crippen LogP contribution in [0.4, 0.5) is 0 Å². The van der Waals surface area contributed by atoms with Crippen molar-refractivity contribution in [1.29, 1.82) is 0 Å². The molecular weight excluding hydrogens is 360 g/mol. The number of thiophene rings is 1. The molecule has 0 radical (unpaired) electrons. The van der Waals surface area contributed by atoms with E-state index in [0.29, 0.717) is 12.5 Å². The Bertz CT molecular complexity index is 909. The Morgan fingerprint density at radius 2 is 2.04 bits per heavy atom. The molecule has 1 saturated heterocycles. The third-order valence-corrected chi connectivity index (χ3v) is 7.21. The van der Waals surface area contributed by atoms with Crippen LogP contribution < -0.4 is 5.56 Å². The van der Waals surface area contributed by atoms with Gasteiger partial charge in [0, 0.05) is 38.1 Å². The van der Waals surface area contributed by atoms with Crippen molar-refractivity contribution < 1.29 is 4.79 Å². The van der Waals surface area contributed by atoms with E-state index in [4.69, 9.17) is 0 Å². The molecule has 1 aliphatic heterocycles. The minimum Gasteiger partial charge on any atom is -0.348 e. The Balaban J connectivity index is 1.54. The fraction of sp³-hybridized carbons (Fsp3) is 0.650. The van der Waals surface area contributed by atoms with E-state index in [9.17, 15) is 9.59 Å². The second-order valence-electron chi connectivity index (χ2n) is 8.28. The fourth-order valence-electron chi connectivity index (χ4n) is 4.29. The lowest BCUT2D eigenvalue weighted by atomic mass is 9.89. The molecule has 0 spiro atoms. The van der Waals surface area contributed by atoms with Crippen LogP contribution in [0.2, 0.25) is 0 Å². The number of amides is 1. The summed E-state index contributed by atoms with van der Waals surface area (Å²) >= 11 is 1.71. The summed E-state index contributed by atoms with van der Waals surface area (Å²) in [5.74, 6) is 0.829. The molecule has 0 aromatic carbocycles. The molecule has 4 rings (SSSR count). The molecule has 1 amide bonds. The molecule has 1 fully saturated rings. The predicted octanol–water partition coefficient (Wildman–Crippen LogP) is 2.31. The monoisotopic (exact) mass is 388 g/mol. The van der Waals surface area contributed by atoms with Gasteiger partial charge in [0.2, 0.25) is 5.91 Å². The molecule has 0 saturated carbocycles. The zero-order chi connectivity index (χ0) is 19.1. The van der Waals surface area contributed by atoms with Gasteiger partial charge in [-0.05, 0) is 43.6 Å². The molecule has 1 aliphatic carbocycles. The first kappa shape index (κ1) is 18.6. The number of carbonyl (C=O) groups is 1. The van der Waals surface area contributed by atoms with Gasteiger partial charge in [-0.15, -0.1) is 11.3 Å². The molecule has 3 heterocycles. The molecule has 0 bridgehead atoms. The highest BCUT2D eigenvalue weighted by atomic mass is 32.1. The van der Waals surface area contributed by atoms with Crippen LogP contribution in [0.25, 0.3) is 10.2 Å². The van der Waals surface area contributed by atoms with E-state index < -0.39 is 0 Å². The zero-order valence-corrected chi connectivity index (χ0v) is 17.2. The third-order valence-electron chi connectivity index (χ3n) is 6.05. The van der Waals surface area contributed by atoms with Gasteiger partial charge in [-0.3, -0.25) is 19.1 Å². The third kappa shape index (κ3) is 3.55. The topological polar surface area (TPSA) is 58.4 Å². The summed E-state index contributed by atoms with van der Waals surface area (Å²) in [4.78, 5) is 35.9. The van der Waals surface area contributed by atoms with Crippen molar-refractivity contribution in [2.45, 2.75) is 45.1 Å². The van der Waals surface area contributed by atoms with Gasteiger partial charge < -0.3 is 4.90 Å². The van der Waals surface area contributed by atoms with Gasteiger partial charge in [-0.25, -0.2) is 4.98 Å². The molecular formula is C20H28N4O2S. The molecule has 6 nitrogen and oxygen atoms in total. The van der Waals surface area contributed by atoms with Crippen LogP contribution in [0.15, 0.2) is 11.1 Å². The van der Waals surface area contributed by atoms with Crippen molar-refractivity contribution in [3.63, 3.8) is 0 Å². The van der Waals surface area contributed by atoms with Gasteiger partial charge in [0.25, 0.3) is 5.56 Å². The van der Waals surface area contributed by atoms with Crippen molar-refractivity contribution in [2.75, 3.05) is 33.7 Å². The molecule has 2 aliphatic rings. The average molecular weight is 389 g/mol. The van der Waals surface area contributed by atoms with Gasteiger partial charge in [-0.1, -0.05) is 6.92 Å². The lowest BCUT2D eigenvalue weighted by molar-refractivity contribution is -0.130. The Morgan fingerprint density at radius 1 is 1.30 bits per heavy atom. The maximum Gasteiger partial charge on any atom is 0.262 e. The van der Waals surface area contributed by atoms with E-state index in [2.05, 4.69) is 16.8 Å². The number of hydrogen-bond acceptors (Lipinski definition) is 5. The first-order valence-electron chi connectivity index (χ1n) is 9.88. The normalized spacial score (nSPS) is 21.4. The lowest BCUT2D eigenvalue weighted by Crippen LogP contribution is -2.42. The molecule has 0 N–H and O–H groups in total. The number of carbonyl (C=O) groups excluding carboxylic acids is 1. The van der Waals surface area contributed by atoms with Crippen molar-refractivity contribution in [1.82, 2.24) is 19.4 Å². The highest BCUT2D eigenvalue weighted by Gasteiger charge is 2.27. The summed E-state index contributed by atoms with van der Waals surface area (Å²) in [7, 11) is 3.58. The van der Waals surface area contributed by atoms with Crippen LogP contribution in [0.3, 0.4) is 0 Å². The van der Waals surface area contributed by atoms with Crippen LogP contribution in [-0.2, 0) is 17.6 Å². The number of likely N-dealkylation sites (N-methyl/N-ethyl adjacent to an activating group) is 1. The minimum atomic E-state index is 0.132. The van der Waals surface area contributed by atoms with E-state index in [1.54, 1.807) is 36.7 Å². The van der Waals surface area contributed by atoms with Gasteiger partial charge in [0.1, 0.15) is 4.83 Å². The van der Waals surface area contributed by atoms with E-state index in [1.165, 1.54) is 10.4 Å². The SMILES string of the molecule is C[C@H]1CCc2c(sc3ncn(C4CCN(CC(=O)N(C)C)CC4)c(=O)c23)C1. The Kier molecular flexibility index (Phi) is 5.07. The van der Waals surface area contributed by atoms with E-state index >= 15 is 0 Å². The van der Waals surface area contributed by atoms with E-state index in [1.807, 2.05) is 4.57 Å². The summed E-state index contributed by atoms with van der Waals surface area (Å²) in [6, 6.07) is 0.179. The average Bonchev–Trinajstić information content (AvgIpc) is 3.01. The zero-order valence-electron chi connectivity index (χ0n) is 16.4. The first-order valence-corrected chi connectivity index (χ1v) is 10.7. The number of likely N-dealkylation sites (tertiary alicyclic amines) is 1. The number of hydrogen-bond donors (Lipinski definition) is 0. The Hall–Kier alpha value is -1.73. The molecule has 1 atom stereocenters. The maximum atomic E-state index is 13.2. The first-order chi connectivity index (χ1) is 12.9. The predicted molar refractivity (Wildman–Crippen MR) is 108 cm³/mol. The number of piperidine rings is 1. The van der Waals surface area contributed by atoms with Crippen LogP contribution in [0.5, 0.6) is 0 Å². The molecule has 27 heavy (non-hydrogen) atoms. The van der Waals surface area contributed by atoms with Crippen LogP contribution >= 0.6 is 11.3 Å². The number of nitrogens with zero attached hydrogens (tertiary/aromatic N) is 4. The second-order valence-corrected chi connectivity index (χ2v) is 9.37. The number of rotatable bonds is 3. The van der Waals surface area contributed by atoms with Crippen LogP contribution in [0, 0.1) is 5.92 Å². The van der Waals surface area contributed by atoms with Gasteiger partial charge in [-0.2, -0.15) is 0 Å². The maximum absolute atomic E-state index is 13.2. The van der Waals surface area contributed by atoms with E-state index in [0.717, 1.165) is 55.4 Å². The van der Waals surface area contributed by atoms with Crippen molar-refractivity contribution in [3.8, 4) is 0 Å². The van der Waals surface area contributed by atoms with Crippen molar-refractivity contribution >= 4 is 27.5 Å². The number of aromatic nitrogens is 2. The van der Waals surface area contributed by atoms with Crippen LogP contribution in [0.1, 0.15) is 42.7 Å². The standard InChI is InChI=1S/C20H28N4O2S/c1-13-4-5-15-16(10-13)27-19-18(15)20(26)24(12-21-19)14-6-8-23(9-7-14)11-17(25)22(2)3/h12-14H,4-11H2,1-3H3/t13-/m0/s1. The van der Waals surface area contributed by atoms with Crippen molar-refractivity contribution in [3.05, 3.63) is 27.1 Å². The largest absolute Gasteiger partial charge is 0.348 e. The number of aryl methyl sites for hydroxylation is 1. The summed E-state index contributed by atoms with van der Waals surface area (Å²) in [5, 5.41) is 0.870. The van der Waals surface area contributed by atoms with Crippen LogP contribution in [-0.4, -0.2) is 59.0 Å². The highest BCUT2D eigenvalue weighted by Crippen LogP contribution is 2.36. The summed E-state index contributed by atoms with van der Waals surface area (Å²) in [6.45, 7) is 4.43. The lowest BCUT2D eigenvalue weighted by Gasteiger charge is -2.32. The summed E-state index contributed by atoms with van der Waals surface area (Å²) in [6.07, 6.45) is 6.76. The molecule has 7 heteroatoms. The van der Waals surface area contributed by atoms with Crippen molar-refractivity contribution in [2.24, 2.45) is 5.92 Å². The second kappa shape index (κ2) is 7.36. The quantitative estimate of drug-likeness (QED) is 0.810. The molecule has 0 unspecified atom stereocenters. The van der Waals surface area contributed by atoms with Gasteiger partial charge in [0.15, 0.2) is 0 Å². The molecule has 2 aromatic heterocycles. The fourth-order valence-corrected chi connectivity index (χ4v) is 5.63. The number of fused-ring (bicyclic) bond motifs is 3. The van der Waals surface area contributed by atoms with Gasteiger partial charge in [0.05, 0.1) is 18.3 Å². The Labute approximate surface area is 163 Å². The smallest absolute Gasteiger partial charge is 0.262 e. The summed E-state index contributed by atoms with van der Waals surface area (Å²) in [5.41, 5.74) is 1.39. The van der Waals surface area contributed by atoms with E-state index in [-0.39, 0.29) is 17.5 Å². The minimum absolute atomic E-state index is 0.132.